The second-order valence-corrected chi connectivity index (χ2v) is 8.64. The second kappa shape index (κ2) is 10.1. The number of hydrogen-bond donors (Lipinski definition) is 0. The number of likely N-dealkylation sites (tertiary alicyclic amines) is 1. The van der Waals surface area contributed by atoms with E-state index in [1.54, 1.807) is 0 Å². The summed E-state index contributed by atoms with van der Waals surface area (Å²) in [5.41, 5.74) is 0.854. The van der Waals surface area contributed by atoms with E-state index >= 15 is 0 Å². The molecule has 1 aliphatic rings. The van der Waals surface area contributed by atoms with Crippen molar-refractivity contribution in [1.29, 1.82) is 0 Å². The molecule has 0 N–H and O–H groups in total. The molecule has 1 heterocycles. The lowest BCUT2D eigenvalue weighted by Crippen LogP contribution is -2.43. The molecular formula is C23H37NO2. The quantitative estimate of drug-likeness (QED) is 0.417. The molecule has 2 rings (SSSR count). The summed E-state index contributed by atoms with van der Waals surface area (Å²) < 4.78 is 5.71. The van der Waals surface area contributed by atoms with Gasteiger partial charge in [-0.05, 0) is 45.6 Å². The van der Waals surface area contributed by atoms with E-state index in [4.69, 9.17) is 4.74 Å². The van der Waals surface area contributed by atoms with E-state index in [1.807, 2.05) is 26.8 Å². The molecule has 0 aliphatic carbocycles. The third-order valence-corrected chi connectivity index (χ3v) is 5.17. The van der Waals surface area contributed by atoms with Crippen LogP contribution in [0.25, 0.3) is 0 Å². The number of hydrogen-bond acceptors (Lipinski definition) is 3. The molecule has 1 aliphatic heterocycles. The van der Waals surface area contributed by atoms with Crippen molar-refractivity contribution in [3.63, 3.8) is 0 Å². The van der Waals surface area contributed by atoms with Crippen molar-refractivity contribution in [2.75, 3.05) is 0 Å². The lowest BCUT2D eigenvalue weighted by atomic mass is 10.0. The molecule has 0 bridgehead atoms. The Labute approximate surface area is 160 Å². The maximum atomic E-state index is 12.8. The van der Waals surface area contributed by atoms with Crippen molar-refractivity contribution in [2.24, 2.45) is 0 Å². The first kappa shape index (κ1) is 21.0. The van der Waals surface area contributed by atoms with Gasteiger partial charge in [0.15, 0.2) is 0 Å². The lowest BCUT2D eigenvalue weighted by Gasteiger charge is -2.31. The van der Waals surface area contributed by atoms with Crippen molar-refractivity contribution in [3.05, 3.63) is 35.9 Å². The van der Waals surface area contributed by atoms with E-state index in [2.05, 4.69) is 36.1 Å². The van der Waals surface area contributed by atoms with Crippen molar-refractivity contribution >= 4 is 5.97 Å². The molecule has 0 saturated carbocycles. The van der Waals surface area contributed by atoms with Crippen LogP contribution in [0.15, 0.2) is 30.3 Å². The van der Waals surface area contributed by atoms with Gasteiger partial charge < -0.3 is 4.74 Å². The van der Waals surface area contributed by atoms with E-state index in [0.717, 1.165) is 19.4 Å². The van der Waals surface area contributed by atoms with Gasteiger partial charge in [0.25, 0.3) is 0 Å². The summed E-state index contributed by atoms with van der Waals surface area (Å²) in [6.45, 7) is 8.94. The summed E-state index contributed by atoms with van der Waals surface area (Å²) in [6.07, 6.45) is 9.72. The van der Waals surface area contributed by atoms with Crippen LogP contribution in [-0.4, -0.2) is 28.6 Å². The predicted octanol–water partition coefficient (Wildman–Crippen LogP) is 5.72. The predicted molar refractivity (Wildman–Crippen MR) is 108 cm³/mol. The van der Waals surface area contributed by atoms with E-state index in [9.17, 15) is 4.79 Å². The molecule has 1 aromatic rings. The van der Waals surface area contributed by atoms with Gasteiger partial charge in [-0.3, -0.25) is 9.69 Å². The number of rotatable bonds is 9. The fourth-order valence-electron chi connectivity index (χ4n) is 3.89. The molecule has 26 heavy (non-hydrogen) atoms. The maximum absolute atomic E-state index is 12.8. The Morgan fingerprint density at radius 2 is 1.77 bits per heavy atom. The van der Waals surface area contributed by atoms with Crippen LogP contribution in [-0.2, 0) is 16.1 Å². The van der Waals surface area contributed by atoms with Crippen molar-refractivity contribution in [3.8, 4) is 0 Å². The summed E-state index contributed by atoms with van der Waals surface area (Å²) >= 11 is 0. The van der Waals surface area contributed by atoms with Crippen molar-refractivity contribution in [2.45, 2.75) is 103 Å². The fourth-order valence-corrected chi connectivity index (χ4v) is 3.89. The largest absolute Gasteiger partial charge is 0.459 e. The SMILES string of the molecule is CCCCCCC[C@H]1CC[C@@H](C(=O)OC(C)(C)C)N1Cc1ccccc1. The van der Waals surface area contributed by atoms with Gasteiger partial charge in [0.2, 0.25) is 0 Å². The summed E-state index contributed by atoms with van der Waals surface area (Å²) in [6, 6.07) is 10.9. The van der Waals surface area contributed by atoms with Crippen LogP contribution in [0, 0.1) is 0 Å². The van der Waals surface area contributed by atoms with Crippen LogP contribution in [0.2, 0.25) is 0 Å². The first-order chi connectivity index (χ1) is 12.4. The molecule has 0 amide bonds. The average Bonchev–Trinajstić information content (AvgIpc) is 2.97. The van der Waals surface area contributed by atoms with Crippen molar-refractivity contribution in [1.82, 2.24) is 4.90 Å². The van der Waals surface area contributed by atoms with E-state index in [0.29, 0.717) is 6.04 Å². The molecule has 146 valence electrons. The Kier molecular flexibility index (Phi) is 8.15. The molecule has 1 saturated heterocycles. The molecule has 1 fully saturated rings. The molecule has 0 unspecified atom stereocenters. The lowest BCUT2D eigenvalue weighted by molar-refractivity contribution is -0.161. The van der Waals surface area contributed by atoms with Crippen LogP contribution < -0.4 is 0 Å². The van der Waals surface area contributed by atoms with Gasteiger partial charge in [0.05, 0.1) is 0 Å². The Bertz CT molecular complexity index is 535. The Morgan fingerprint density at radius 3 is 2.42 bits per heavy atom. The second-order valence-electron chi connectivity index (χ2n) is 8.64. The third-order valence-electron chi connectivity index (χ3n) is 5.17. The molecule has 3 nitrogen and oxygen atoms in total. The standard InChI is InChI=1S/C23H37NO2/c1-5-6-7-8-12-15-20-16-17-21(22(25)26-23(2,3)4)24(20)18-19-13-10-9-11-14-19/h9-11,13-14,20-21H,5-8,12,15-18H2,1-4H3/t20-,21-/m0/s1. The zero-order chi connectivity index (χ0) is 19.0. The highest BCUT2D eigenvalue weighted by Gasteiger charge is 2.39. The Balaban J connectivity index is 2.01. The minimum atomic E-state index is -0.423. The first-order valence-corrected chi connectivity index (χ1v) is 10.4. The third kappa shape index (κ3) is 6.75. The number of carbonyl (C=O) groups is 1. The van der Waals surface area contributed by atoms with Gasteiger partial charge in [-0.25, -0.2) is 0 Å². The minimum Gasteiger partial charge on any atom is -0.459 e. The van der Waals surface area contributed by atoms with Gasteiger partial charge >= 0.3 is 5.97 Å². The zero-order valence-electron chi connectivity index (χ0n) is 17.2. The number of unbranched alkanes of at least 4 members (excludes halogenated alkanes) is 4. The number of benzene rings is 1. The molecule has 0 spiro atoms. The summed E-state index contributed by atoms with van der Waals surface area (Å²) in [5, 5.41) is 0. The van der Waals surface area contributed by atoms with Crippen LogP contribution in [0.5, 0.6) is 0 Å². The van der Waals surface area contributed by atoms with Crippen LogP contribution in [0.1, 0.15) is 84.6 Å². The summed E-state index contributed by atoms with van der Waals surface area (Å²) in [7, 11) is 0. The zero-order valence-corrected chi connectivity index (χ0v) is 17.2. The monoisotopic (exact) mass is 359 g/mol. The molecule has 3 heteroatoms. The number of esters is 1. The van der Waals surface area contributed by atoms with Gasteiger partial charge in [-0.1, -0.05) is 69.4 Å². The molecule has 2 atom stereocenters. The molecule has 0 aromatic heterocycles. The number of nitrogens with zero attached hydrogens (tertiary/aromatic N) is 1. The van der Waals surface area contributed by atoms with Crippen molar-refractivity contribution < 1.29 is 9.53 Å². The summed E-state index contributed by atoms with van der Waals surface area (Å²) in [5.74, 6) is -0.0538. The number of ether oxygens (including phenoxy) is 1. The van der Waals surface area contributed by atoms with Crippen LogP contribution in [0.4, 0.5) is 0 Å². The number of carbonyl (C=O) groups excluding carboxylic acids is 1. The molecule has 0 radical (unpaired) electrons. The Hall–Kier alpha value is -1.35. The highest BCUT2D eigenvalue weighted by Crippen LogP contribution is 2.31. The maximum Gasteiger partial charge on any atom is 0.323 e. The van der Waals surface area contributed by atoms with Gasteiger partial charge in [0.1, 0.15) is 11.6 Å². The molecular weight excluding hydrogens is 322 g/mol. The average molecular weight is 360 g/mol. The van der Waals surface area contributed by atoms with Gasteiger partial charge in [0, 0.05) is 12.6 Å². The van der Waals surface area contributed by atoms with E-state index in [-0.39, 0.29) is 12.0 Å². The van der Waals surface area contributed by atoms with Gasteiger partial charge in [-0.15, -0.1) is 0 Å². The minimum absolute atomic E-state index is 0.0538. The van der Waals surface area contributed by atoms with Crippen LogP contribution in [0.3, 0.4) is 0 Å². The normalized spacial score (nSPS) is 21.1. The van der Waals surface area contributed by atoms with E-state index < -0.39 is 5.60 Å². The van der Waals surface area contributed by atoms with Crippen LogP contribution >= 0.6 is 0 Å². The Morgan fingerprint density at radius 1 is 1.08 bits per heavy atom. The van der Waals surface area contributed by atoms with E-state index in [1.165, 1.54) is 44.1 Å². The highest BCUT2D eigenvalue weighted by molar-refractivity contribution is 5.76. The first-order valence-electron chi connectivity index (χ1n) is 10.4. The highest BCUT2D eigenvalue weighted by atomic mass is 16.6. The molecule has 1 aromatic carbocycles. The summed E-state index contributed by atoms with van der Waals surface area (Å²) in [4.78, 5) is 15.2. The smallest absolute Gasteiger partial charge is 0.323 e. The fraction of sp³-hybridized carbons (Fsp3) is 0.696. The van der Waals surface area contributed by atoms with Gasteiger partial charge in [-0.2, -0.15) is 0 Å². The topological polar surface area (TPSA) is 29.5 Å².